The van der Waals surface area contributed by atoms with Gasteiger partial charge in [-0.25, -0.2) is 0 Å². The first-order valence-electron chi connectivity index (χ1n) is 9.73. The molecule has 0 aliphatic carbocycles. The van der Waals surface area contributed by atoms with E-state index in [0.717, 1.165) is 13.1 Å². The summed E-state index contributed by atoms with van der Waals surface area (Å²) in [6.45, 7) is 6.45. The van der Waals surface area contributed by atoms with Crippen molar-refractivity contribution in [1.29, 1.82) is 0 Å². The van der Waals surface area contributed by atoms with Crippen LogP contribution in [0.15, 0.2) is 78.9 Å². The standard InChI is InChI=1S/C26H25N/c1-3-27(4-2)26-15-8-7-10-21(26)17-16-20-13-9-14-24-18-22-11-5-6-12-23(22)19-25(20)24/h5-19H,3-4H2,1-2H3/b17-16+. The minimum atomic E-state index is 1.02. The number of fused-ring (bicyclic) bond motifs is 2. The first-order valence-corrected chi connectivity index (χ1v) is 9.73. The lowest BCUT2D eigenvalue weighted by molar-refractivity contribution is 0.865. The lowest BCUT2D eigenvalue weighted by Gasteiger charge is -2.23. The van der Waals surface area contributed by atoms with Gasteiger partial charge in [-0.15, -0.1) is 0 Å². The van der Waals surface area contributed by atoms with Crippen molar-refractivity contribution < 1.29 is 0 Å². The maximum absolute atomic E-state index is 2.40. The predicted octanol–water partition coefficient (Wildman–Crippen LogP) is 7.01. The molecule has 0 heterocycles. The number of benzene rings is 4. The Labute approximate surface area is 161 Å². The van der Waals surface area contributed by atoms with Crippen molar-refractivity contribution in [2.45, 2.75) is 13.8 Å². The van der Waals surface area contributed by atoms with Crippen LogP contribution in [0, 0.1) is 0 Å². The third kappa shape index (κ3) is 3.46. The molecule has 0 aliphatic heterocycles. The van der Waals surface area contributed by atoms with Gasteiger partial charge < -0.3 is 4.90 Å². The normalized spacial score (nSPS) is 11.5. The van der Waals surface area contributed by atoms with Crippen molar-refractivity contribution in [2.24, 2.45) is 0 Å². The summed E-state index contributed by atoms with van der Waals surface area (Å²) in [6.07, 6.45) is 4.50. The van der Waals surface area contributed by atoms with E-state index in [1.807, 2.05) is 0 Å². The third-order valence-corrected chi connectivity index (χ3v) is 5.26. The highest BCUT2D eigenvalue weighted by atomic mass is 15.1. The van der Waals surface area contributed by atoms with Crippen LogP contribution in [0.2, 0.25) is 0 Å². The Balaban J connectivity index is 1.79. The van der Waals surface area contributed by atoms with Gasteiger partial charge in [-0.05, 0) is 64.7 Å². The topological polar surface area (TPSA) is 3.24 Å². The molecule has 0 N–H and O–H groups in total. The molecule has 1 heteroatoms. The van der Waals surface area contributed by atoms with Gasteiger partial charge in [0, 0.05) is 18.8 Å². The Morgan fingerprint density at radius 1 is 0.630 bits per heavy atom. The van der Waals surface area contributed by atoms with Crippen LogP contribution in [0.3, 0.4) is 0 Å². The highest BCUT2D eigenvalue weighted by molar-refractivity contribution is 6.02. The molecule has 0 atom stereocenters. The van der Waals surface area contributed by atoms with Crippen LogP contribution in [0.5, 0.6) is 0 Å². The van der Waals surface area contributed by atoms with Crippen LogP contribution in [-0.2, 0) is 0 Å². The van der Waals surface area contributed by atoms with Crippen molar-refractivity contribution in [3.05, 3.63) is 90.0 Å². The Kier molecular flexibility index (Phi) is 4.93. The lowest BCUT2D eigenvalue weighted by atomic mass is 9.99. The molecule has 134 valence electrons. The molecule has 0 spiro atoms. The average Bonchev–Trinajstić information content (AvgIpc) is 2.72. The van der Waals surface area contributed by atoms with Gasteiger partial charge in [0.25, 0.3) is 0 Å². The second-order valence-electron chi connectivity index (χ2n) is 6.83. The zero-order chi connectivity index (χ0) is 18.6. The molecule has 0 aliphatic rings. The zero-order valence-electron chi connectivity index (χ0n) is 16.0. The van der Waals surface area contributed by atoms with Crippen LogP contribution in [0.4, 0.5) is 5.69 Å². The SMILES string of the molecule is CCN(CC)c1ccccc1/C=C/c1cccc2cc3ccccc3cc12. The smallest absolute Gasteiger partial charge is 0.0439 e. The summed E-state index contributed by atoms with van der Waals surface area (Å²) < 4.78 is 0. The van der Waals surface area contributed by atoms with Crippen LogP contribution >= 0.6 is 0 Å². The summed E-state index contributed by atoms with van der Waals surface area (Å²) in [6, 6.07) is 28.3. The molecule has 1 nitrogen and oxygen atoms in total. The fourth-order valence-electron chi connectivity index (χ4n) is 3.80. The molecule has 0 aromatic heterocycles. The first kappa shape index (κ1) is 17.4. The number of rotatable bonds is 5. The van der Waals surface area contributed by atoms with Crippen LogP contribution in [0.1, 0.15) is 25.0 Å². The minimum absolute atomic E-state index is 1.02. The summed E-state index contributed by atoms with van der Waals surface area (Å²) >= 11 is 0. The molecule has 0 fully saturated rings. The molecule has 4 aromatic carbocycles. The molecule has 0 unspecified atom stereocenters. The lowest BCUT2D eigenvalue weighted by Crippen LogP contribution is -2.22. The maximum Gasteiger partial charge on any atom is 0.0439 e. The largest absolute Gasteiger partial charge is 0.372 e. The summed E-state index contributed by atoms with van der Waals surface area (Å²) in [4.78, 5) is 2.40. The summed E-state index contributed by atoms with van der Waals surface area (Å²) in [5, 5.41) is 5.16. The molecule has 27 heavy (non-hydrogen) atoms. The number of anilines is 1. The Bertz CT molecular complexity index is 1100. The van der Waals surface area contributed by atoms with Gasteiger partial charge in [0.1, 0.15) is 0 Å². The van der Waals surface area contributed by atoms with E-state index in [4.69, 9.17) is 0 Å². The van der Waals surface area contributed by atoms with E-state index < -0.39 is 0 Å². The molecule has 0 radical (unpaired) electrons. The van der Waals surface area contributed by atoms with Crippen molar-refractivity contribution in [3.63, 3.8) is 0 Å². The van der Waals surface area contributed by atoms with Gasteiger partial charge in [0.15, 0.2) is 0 Å². The monoisotopic (exact) mass is 351 g/mol. The second-order valence-corrected chi connectivity index (χ2v) is 6.83. The Hall–Kier alpha value is -3.06. The van der Waals surface area contributed by atoms with Crippen molar-refractivity contribution in [3.8, 4) is 0 Å². The van der Waals surface area contributed by atoms with Crippen LogP contribution in [-0.4, -0.2) is 13.1 Å². The van der Waals surface area contributed by atoms with E-state index in [2.05, 4.69) is 110 Å². The second kappa shape index (κ2) is 7.67. The van der Waals surface area contributed by atoms with Gasteiger partial charge in [0.05, 0.1) is 0 Å². The van der Waals surface area contributed by atoms with E-state index >= 15 is 0 Å². The molecule has 4 aromatic rings. The third-order valence-electron chi connectivity index (χ3n) is 5.26. The summed E-state index contributed by atoms with van der Waals surface area (Å²) in [5.41, 5.74) is 3.82. The number of para-hydroxylation sites is 1. The number of hydrogen-bond donors (Lipinski definition) is 0. The molecule has 4 rings (SSSR count). The first-order chi connectivity index (χ1) is 13.3. The minimum Gasteiger partial charge on any atom is -0.372 e. The van der Waals surface area contributed by atoms with Crippen molar-refractivity contribution in [1.82, 2.24) is 0 Å². The van der Waals surface area contributed by atoms with Gasteiger partial charge >= 0.3 is 0 Å². The van der Waals surface area contributed by atoms with E-state index in [1.54, 1.807) is 0 Å². The highest BCUT2D eigenvalue weighted by Gasteiger charge is 2.06. The molecule has 0 bridgehead atoms. The number of nitrogens with zero attached hydrogens (tertiary/aromatic N) is 1. The fourth-order valence-corrected chi connectivity index (χ4v) is 3.80. The molecule has 0 saturated carbocycles. The Morgan fingerprint density at radius 2 is 1.22 bits per heavy atom. The quantitative estimate of drug-likeness (QED) is 0.276. The van der Waals surface area contributed by atoms with Gasteiger partial charge in [-0.1, -0.05) is 72.8 Å². The Morgan fingerprint density at radius 3 is 2.00 bits per heavy atom. The van der Waals surface area contributed by atoms with E-state index in [0.29, 0.717) is 0 Å². The molecule has 0 amide bonds. The molecule has 0 saturated heterocycles. The average molecular weight is 351 g/mol. The maximum atomic E-state index is 2.40. The number of hydrogen-bond acceptors (Lipinski definition) is 1. The van der Waals surface area contributed by atoms with E-state index in [9.17, 15) is 0 Å². The van der Waals surface area contributed by atoms with Gasteiger partial charge in [-0.2, -0.15) is 0 Å². The summed E-state index contributed by atoms with van der Waals surface area (Å²) in [7, 11) is 0. The highest BCUT2D eigenvalue weighted by Crippen LogP contribution is 2.28. The van der Waals surface area contributed by atoms with Gasteiger partial charge in [-0.3, -0.25) is 0 Å². The van der Waals surface area contributed by atoms with E-state index in [1.165, 1.54) is 38.4 Å². The van der Waals surface area contributed by atoms with Crippen molar-refractivity contribution in [2.75, 3.05) is 18.0 Å². The van der Waals surface area contributed by atoms with Crippen LogP contribution in [0.25, 0.3) is 33.7 Å². The molecular formula is C26H25N. The predicted molar refractivity (Wildman–Crippen MR) is 120 cm³/mol. The van der Waals surface area contributed by atoms with Crippen LogP contribution < -0.4 is 4.90 Å². The van der Waals surface area contributed by atoms with E-state index in [-0.39, 0.29) is 0 Å². The zero-order valence-corrected chi connectivity index (χ0v) is 16.0. The fraction of sp³-hybridized carbons (Fsp3) is 0.154. The van der Waals surface area contributed by atoms with Gasteiger partial charge in [0.2, 0.25) is 0 Å². The van der Waals surface area contributed by atoms with Crippen molar-refractivity contribution >= 4 is 39.4 Å². The molecular weight excluding hydrogens is 326 g/mol. The summed E-state index contributed by atoms with van der Waals surface area (Å²) in [5.74, 6) is 0.